The van der Waals surface area contributed by atoms with Crippen LogP contribution in [0, 0.1) is 0 Å². The Kier molecular flexibility index (Phi) is 83.1. The van der Waals surface area contributed by atoms with Crippen LogP contribution in [0.1, 0.15) is 419 Å². The van der Waals surface area contributed by atoms with Crippen LogP contribution in [0.5, 0.6) is 0 Å². The first kappa shape index (κ1) is 107. The lowest BCUT2D eigenvalue weighted by Gasteiger charge is -2.21. The molecule has 0 aromatic carbocycles. The van der Waals surface area contributed by atoms with Gasteiger partial charge in [0.25, 0.3) is 0 Å². The molecule has 0 heterocycles. The Morgan fingerprint density at radius 1 is 0.252 bits per heavy atom. The number of aliphatic hydroxyl groups excluding tert-OH is 2. The molecule has 0 aliphatic rings. The highest BCUT2D eigenvalue weighted by atomic mass is 31.2. The summed E-state index contributed by atoms with van der Waals surface area (Å²) in [6.45, 7) is 2.70. The van der Waals surface area contributed by atoms with Crippen LogP contribution in [-0.2, 0) is 55.8 Å². The van der Waals surface area contributed by atoms with Crippen molar-refractivity contribution in [3.8, 4) is 0 Å². The molecule has 111 heavy (non-hydrogen) atoms. The molecule has 4 N–H and O–H groups in total. The maximum absolute atomic E-state index is 13.0. The van der Waals surface area contributed by atoms with Crippen LogP contribution in [0.4, 0.5) is 0 Å². The van der Waals surface area contributed by atoms with Crippen LogP contribution in [0.2, 0.25) is 0 Å². The molecule has 0 aromatic heterocycles. The summed E-state index contributed by atoms with van der Waals surface area (Å²) in [5.74, 6) is -1.55. The van der Waals surface area contributed by atoms with E-state index >= 15 is 0 Å². The zero-order valence-corrected chi connectivity index (χ0v) is 72.9. The van der Waals surface area contributed by atoms with Crippen LogP contribution in [0.15, 0.2) is 97.2 Å². The van der Waals surface area contributed by atoms with Crippen LogP contribution >= 0.6 is 15.6 Å². The van der Waals surface area contributed by atoms with Crippen LogP contribution in [0.3, 0.4) is 0 Å². The van der Waals surface area contributed by atoms with Crippen molar-refractivity contribution in [1.29, 1.82) is 0 Å². The molecule has 0 fully saturated rings. The van der Waals surface area contributed by atoms with Gasteiger partial charge in [-0.3, -0.25) is 32.5 Å². The molecular weight excluding hydrogens is 1430 g/mol. The Hall–Kier alpha value is -3.53. The van der Waals surface area contributed by atoms with Gasteiger partial charge in [-0.15, -0.1) is 0 Å². The third-order valence-corrected chi connectivity index (χ3v) is 21.7. The van der Waals surface area contributed by atoms with E-state index in [1.165, 1.54) is 244 Å². The number of carbonyl (C=O) groups excluding carboxylic acids is 3. The molecule has 0 radical (unpaired) electrons. The topological polar surface area (TPSA) is 231 Å². The van der Waals surface area contributed by atoms with Crippen LogP contribution < -0.4 is 0 Å². The molecule has 646 valence electrons. The van der Waals surface area contributed by atoms with Crippen molar-refractivity contribution in [3.05, 3.63) is 97.2 Å². The second-order valence-corrected chi connectivity index (χ2v) is 33.7. The van der Waals surface area contributed by atoms with E-state index in [1.54, 1.807) is 0 Å². The summed E-state index contributed by atoms with van der Waals surface area (Å²) < 4.78 is 61.3. The molecule has 0 aromatic rings. The van der Waals surface area contributed by atoms with Gasteiger partial charge in [0.05, 0.1) is 26.4 Å². The summed E-state index contributed by atoms with van der Waals surface area (Å²) in [7, 11) is -9.78. The first-order valence-electron chi connectivity index (χ1n) is 45.5. The highest BCUT2D eigenvalue weighted by molar-refractivity contribution is 7.47. The molecule has 0 rings (SSSR count). The Labute approximate surface area is 679 Å². The van der Waals surface area contributed by atoms with Crippen molar-refractivity contribution in [2.24, 2.45) is 0 Å². The third kappa shape index (κ3) is 87.2. The number of allylic oxidation sites excluding steroid dienone is 16. The van der Waals surface area contributed by atoms with E-state index in [0.29, 0.717) is 19.3 Å². The monoisotopic (exact) mass is 1600 g/mol. The molecule has 0 spiro atoms. The molecule has 16 nitrogen and oxygen atoms in total. The van der Waals surface area contributed by atoms with Crippen molar-refractivity contribution in [2.75, 3.05) is 39.6 Å². The molecule has 0 aliphatic carbocycles. The number of carbonyl (C=O) groups is 3. The fraction of sp³-hybridized carbons (Fsp3) is 0.796. The van der Waals surface area contributed by atoms with Gasteiger partial charge in [0, 0.05) is 19.3 Å². The lowest BCUT2D eigenvalue weighted by molar-refractivity contribution is -0.161. The number of rotatable bonds is 87. The summed E-state index contributed by atoms with van der Waals surface area (Å²) in [5.41, 5.74) is 0. The summed E-state index contributed by atoms with van der Waals surface area (Å²) in [5, 5.41) is 20.7. The van der Waals surface area contributed by atoms with Gasteiger partial charge in [-0.25, -0.2) is 9.13 Å². The van der Waals surface area contributed by atoms with E-state index in [1.807, 2.05) is 0 Å². The lowest BCUT2D eigenvalue weighted by Crippen LogP contribution is -2.30. The lowest BCUT2D eigenvalue weighted by atomic mass is 10.0. The normalized spacial score (nSPS) is 14.3. The molecule has 0 aliphatic heterocycles. The molecule has 18 heteroatoms. The van der Waals surface area contributed by atoms with Gasteiger partial charge in [-0.2, -0.15) is 0 Å². The summed E-state index contributed by atoms with van der Waals surface area (Å²) >= 11 is 0. The molecule has 0 saturated heterocycles. The number of phosphoric ester groups is 2. The average Bonchev–Trinajstić information content (AvgIpc) is 0.903. The first-order valence-corrected chi connectivity index (χ1v) is 48.5. The number of unbranched alkanes of at least 4 members (excludes halogenated alkanes) is 48. The van der Waals surface area contributed by atoms with Gasteiger partial charge in [0.1, 0.15) is 25.4 Å². The number of hydrogen-bond acceptors (Lipinski definition) is 14. The van der Waals surface area contributed by atoms with Crippen LogP contribution in [-0.4, -0.2) is 95.9 Å². The minimum atomic E-state index is -4.93. The second-order valence-electron chi connectivity index (χ2n) is 30.8. The highest BCUT2D eigenvalue weighted by Crippen LogP contribution is 2.45. The predicted molar refractivity (Wildman–Crippen MR) is 464 cm³/mol. The number of aliphatic hydroxyl groups is 2. The van der Waals surface area contributed by atoms with E-state index in [2.05, 4.69) is 118 Å². The van der Waals surface area contributed by atoms with Gasteiger partial charge in [0.2, 0.25) is 0 Å². The average molecular weight is 1600 g/mol. The zero-order valence-electron chi connectivity index (χ0n) is 71.1. The molecular formula is C93H168O16P2. The predicted octanol–water partition coefficient (Wildman–Crippen LogP) is 27.7. The first-order chi connectivity index (χ1) is 54.2. The minimum absolute atomic E-state index is 0.109. The van der Waals surface area contributed by atoms with E-state index in [0.717, 1.165) is 116 Å². The molecule has 0 bridgehead atoms. The minimum Gasteiger partial charge on any atom is -0.463 e. The van der Waals surface area contributed by atoms with Gasteiger partial charge >= 0.3 is 33.6 Å². The fourth-order valence-corrected chi connectivity index (χ4v) is 14.4. The number of ether oxygens (including phenoxy) is 3. The Morgan fingerprint density at radius 3 is 0.730 bits per heavy atom. The number of esters is 3. The van der Waals surface area contributed by atoms with Gasteiger partial charge in [0.15, 0.2) is 6.10 Å². The zero-order chi connectivity index (χ0) is 80.8. The summed E-state index contributed by atoms with van der Waals surface area (Å²) in [4.78, 5) is 58.8. The van der Waals surface area contributed by atoms with Crippen LogP contribution in [0.25, 0.3) is 0 Å². The molecule has 0 saturated carbocycles. The van der Waals surface area contributed by atoms with E-state index in [4.69, 9.17) is 32.3 Å². The van der Waals surface area contributed by atoms with Gasteiger partial charge < -0.3 is 34.2 Å². The quantitative estimate of drug-likeness (QED) is 0.0146. The smallest absolute Gasteiger partial charge is 0.463 e. The maximum atomic E-state index is 13.0. The second kappa shape index (κ2) is 85.8. The van der Waals surface area contributed by atoms with Crippen molar-refractivity contribution in [3.63, 3.8) is 0 Å². The van der Waals surface area contributed by atoms with Crippen molar-refractivity contribution in [2.45, 2.75) is 437 Å². The van der Waals surface area contributed by atoms with E-state index in [9.17, 15) is 43.5 Å². The molecule has 5 atom stereocenters. The standard InChI is InChI=1S/C93H168O16P2/c1-4-7-10-13-16-19-22-25-27-29-31-33-35-37-39-40-41-42-43-44-45-46-48-50-51-53-55-57-59-62-64-67-70-73-76-79-91(96)103-82-88(94)83-105-110(99,100)106-84-89(95)85-107-111(101,102)108-87-90(109-93(98)81-78-75-72-69-66-61-24-21-18-15-12-9-6-3)86-104-92(97)80-77-74-71-68-65-63-60-58-56-54-52-49-47-38-36-34-32-30-28-26-23-20-17-14-11-8-5-2/h16-17,19-20,25-28,31-34,37-39,47,88-90,94-95H,4-15,18,21-24,29-30,35-36,40-46,48-87H2,1-3H3,(H,99,100)(H,101,102)/b19-16-,20-17-,27-25-,28-26-,33-31-,34-32-,39-37-,47-38-. The van der Waals surface area contributed by atoms with Crippen molar-refractivity contribution < 1.29 is 75.8 Å². The van der Waals surface area contributed by atoms with Gasteiger partial charge in [-0.1, -0.05) is 388 Å². The summed E-state index contributed by atoms with van der Waals surface area (Å²) in [6, 6.07) is 0. The molecule has 5 unspecified atom stereocenters. The number of phosphoric acid groups is 2. The SMILES string of the molecule is CCCCC/C=C\C/C=C\C/C=C\C/C=C\CCCCCCCCCCCCCCCCCCCCCC(=O)OCC(O)COP(=O)(O)OCC(O)COP(=O)(O)OCC(COC(=O)CCCCCCCCCCCCC/C=C\C/C=C\C/C=C\C/C=C\CCCCC)OC(=O)CCCCCCCCCCCCCCC. The van der Waals surface area contributed by atoms with E-state index in [-0.39, 0.29) is 19.3 Å². The van der Waals surface area contributed by atoms with E-state index < -0.39 is 91.5 Å². The Morgan fingerprint density at radius 2 is 0.450 bits per heavy atom. The number of hydrogen-bond donors (Lipinski definition) is 4. The summed E-state index contributed by atoms with van der Waals surface area (Å²) in [6.07, 6.45) is 102. The van der Waals surface area contributed by atoms with Crippen molar-refractivity contribution in [1.82, 2.24) is 0 Å². The molecule has 0 amide bonds. The van der Waals surface area contributed by atoms with Gasteiger partial charge in [-0.05, 0) is 109 Å². The fourth-order valence-electron chi connectivity index (χ4n) is 12.8. The maximum Gasteiger partial charge on any atom is 0.472 e. The van der Waals surface area contributed by atoms with Crippen molar-refractivity contribution >= 4 is 33.6 Å². The largest absolute Gasteiger partial charge is 0.472 e. The highest BCUT2D eigenvalue weighted by Gasteiger charge is 2.29. The Balaban J connectivity index is 4.36. The Bertz CT molecular complexity index is 2400. The third-order valence-electron chi connectivity index (χ3n) is 19.8.